The van der Waals surface area contributed by atoms with Crippen LogP contribution in [0.2, 0.25) is 0 Å². The van der Waals surface area contributed by atoms with Crippen molar-refractivity contribution in [2.75, 3.05) is 0 Å². The zero-order valence-corrected chi connectivity index (χ0v) is 8.80. The van der Waals surface area contributed by atoms with Crippen LogP contribution < -0.4 is 0 Å². The van der Waals surface area contributed by atoms with Gasteiger partial charge in [0.1, 0.15) is 0 Å². The van der Waals surface area contributed by atoms with Crippen LogP contribution in [0, 0.1) is 17.3 Å². The SMILES string of the molecule is C[C@H]1C[C@H](C(C)(C)C)CCC1O. The van der Waals surface area contributed by atoms with E-state index < -0.39 is 0 Å². The zero-order chi connectivity index (χ0) is 9.35. The molecule has 0 spiro atoms. The van der Waals surface area contributed by atoms with Crippen molar-refractivity contribution < 1.29 is 5.11 Å². The topological polar surface area (TPSA) is 20.2 Å². The Labute approximate surface area is 76.2 Å². The second kappa shape index (κ2) is 3.37. The van der Waals surface area contributed by atoms with Crippen molar-refractivity contribution in [3.63, 3.8) is 0 Å². The molecule has 1 N–H and O–H groups in total. The Hall–Kier alpha value is -0.0400. The molecule has 3 atom stereocenters. The maximum absolute atomic E-state index is 9.56. The van der Waals surface area contributed by atoms with Gasteiger partial charge in [0.05, 0.1) is 6.10 Å². The second-order valence-corrected chi connectivity index (χ2v) is 5.42. The van der Waals surface area contributed by atoms with Crippen molar-refractivity contribution in [1.82, 2.24) is 0 Å². The first kappa shape index (κ1) is 10.0. The molecule has 0 radical (unpaired) electrons. The molecule has 1 fully saturated rings. The van der Waals surface area contributed by atoms with E-state index in [2.05, 4.69) is 27.7 Å². The molecule has 0 bridgehead atoms. The Morgan fingerprint density at radius 1 is 1.17 bits per heavy atom. The highest BCUT2D eigenvalue weighted by Gasteiger charge is 2.32. The number of hydrogen-bond acceptors (Lipinski definition) is 1. The van der Waals surface area contributed by atoms with Crippen LogP contribution in [0.5, 0.6) is 0 Å². The number of rotatable bonds is 0. The Morgan fingerprint density at radius 3 is 2.17 bits per heavy atom. The highest BCUT2D eigenvalue weighted by molar-refractivity contribution is 4.83. The fraction of sp³-hybridized carbons (Fsp3) is 1.00. The molecule has 1 aliphatic rings. The highest BCUT2D eigenvalue weighted by Crippen LogP contribution is 2.39. The van der Waals surface area contributed by atoms with E-state index in [1.165, 1.54) is 12.8 Å². The van der Waals surface area contributed by atoms with Crippen molar-refractivity contribution in [1.29, 1.82) is 0 Å². The minimum absolute atomic E-state index is 0.0383. The first-order valence-electron chi connectivity index (χ1n) is 5.09. The highest BCUT2D eigenvalue weighted by atomic mass is 16.3. The minimum atomic E-state index is -0.0383. The summed E-state index contributed by atoms with van der Waals surface area (Å²) in [7, 11) is 0. The molecular formula is C11H22O. The van der Waals surface area contributed by atoms with Crippen LogP contribution in [-0.2, 0) is 0 Å². The summed E-state index contributed by atoms with van der Waals surface area (Å²) in [6.45, 7) is 9.09. The van der Waals surface area contributed by atoms with Gasteiger partial charge < -0.3 is 5.11 Å². The van der Waals surface area contributed by atoms with Gasteiger partial charge in [-0.2, -0.15) is 0 Å². The van der Waals surface area contributed by atoms with Gasteiger partial charge in [0.25, 0.3) is 0 Å². The van der Waals surface area contributed by atoms with Gasteiger partial charge in [-0.15, -0.1) is 0 Å². The van der Waals surface area contributed by atoms with Crippen LogP contribution in [0.1, 0.15) is 47.0 Å². The lowest BCUT2D eigenvalue weighted by Crippen LogP contribution is -2.33. The van der Waals surface area contributed by atoms with Crippen molar-refractivity contribution in [2.24, 2.45) is 17.3 Å². The van der Waals surface area contributed by atoms with E-state index in [0.29, 0.717) is 11.3 Å². The fourth-order valence-electron chi connectivity index (χ4n) is 2.17. The average molecular weight is 170 g/mol. The molecular weight excluding hydrogens is 148 g/mol. The molecule has 0 amide bonds. The van der Waals surface area contributed by atoms with Crippen molar-refractivity contribution in [2.45, 2.75) is 53.1 Å². The first-order valence-corrected chi connectivity index (χ1v) is 5.09. The molecule has 0 aromatic rings. The van der Waals surface area contributed by atoms with Crippen LogP contribution in [0.25, 0.3) is 0 Å². The van der Waals surface area contributed by atoms with Crippen LogP contribution in [-0.4, -0.2) is 11.2 Å². The van der Waals surface area contributed by atoms with E-state index in [4.69, 9.17) is 0 Å². The number of hydrogen-bond donors (Lipinski definition) is 1. The lowest BCUT2D eigenvalue weighted by molar-refractivity contribution is 0.0274. The summed E-state index contributed by atoms with van der Waals surface area (Å²) in [5, 5.41) is 9.56. The molecule has 1 aliphatic carbocycles. The van der Waals surface area contributed by atoms with Gasteiger partial charge >= 0.3 is 0 Å². The van der Waals surface area contributed by atoms with Crippen molar-refractivity contribution >= 4 is 0 Å². The van der Waals surface area contributed by atoms with Gasteiger partial charge in [0.2, 0.25) is 0 Å². The third-order valence-electron chi connectivity index (χ3n) is 3.35. The minimum Gasteiger partial charge on any atom is -0.393 e. The maximum atomic E-state index is 9.56. The third kappa shape index (κ3) is 2.22. The van der Waals surface area contributed by atoms with Gasteiger partial charge in [-0.25, -0.2) is 0 Å². The van der Waals surface area contributed by atoms with Gasteiger partial charge in [0, 0.05) is 0 Å². The van der Waals surface area contributed by atoms with Crippen LogP contribution in [0.4, 0.5) is 0 Å². The third-order valence-corrected chi connectivity index (χ3v) is 3.35. The molecule has 0 aliphatic heterocycles. The molecule has 1 heteroatoms. The maximum Gasteiger partial charge on any atom is 0.0566 e. The van der Waals surface area contributed by atoms with E-state index in [1.54, 1.807) is 0 Å². The van der Waals surface area contributed by atoms with E-state index in [-0.39, 0.29) is 6.10 Å². The summed E-state index contributed by atoms with van der Waals surface area (Å²) >= 11 is 0. The summed E-state index contributed by atoms with van der Waals surface area (Å²) in [6, 6.07) is 0. The Kier molecular flexibility index (Phi) is 2.82. The molecule has 0 aromatic heterocycles. The quantitative estimate of drug-likeness (QED) is 0.592. The summed E-state index contributed by atoms with van der Waals surface area (Å²) in [4.78, 5) is 0. The summed E-state index contributed by atoms with van der Waals surface area (Å²) in [5.41, 5.74) is 0.425. The van der Waals surface area contributed by atoms with Gasteiger partial charge in [-0.3, -0.25) is 0 Å². The van der Waals surface area contributed by atoms with E-state index in [1.807, 2.05) is 0 Å². The largest absolute Gasteiger partial charge is 0.393 e. The molecule has 1 saturated carbocycles. The molecule has 0 saturated heterocycles. The number of aliphatic hydroxyl groups is 1. The molecule has 0 aromatic carbocycles. The van der Waals surface area contributed by atoms with Crippen LogP contribution in [0.15, 0.2) is 0 Å². The smallest absolute Gasteiger partial charge is 0.0566 e. The lowest BCUT2D eigenvalue weighted by atomic mass is 9.69. The standard InChI is InChI=1S/C11H22O/c1-8-7-9(11(2,3)4)5-6-10(8)12/h8-10,12H,5-7H2,1-4H3/t8-,9+,10?/m0/s1. The van der Waals surface area contributed by atoms with Crippen LogP contribution >= 0.6 is 0 Å². The fourth-order valence-corrected chi connectivity index (χ4v) is 2.17. The number of aliphatic hydroxyl groups excluding tert-OH is 1. The van der Waals surface area contributed by atoms with E-state index >= 15 is 0 Å². The summed E-state index contributed by atoms with van der Waals surface area (Å²) < 4.78 is 0. The van der Waals surface area contributed by atoms with Gasteiger partial charge in [-0.1, -0.05) is 27.7 Å². The predicted molar refractivity (Wildman–Crippen MR) is 52.0 cm³/mol. The van der Waals surface area contributed by atoms with Gasteiger partial charge in [-0.05, 0) is 36.5 Å². The normalized spacial score (nSPS) is 38.2. The molecule has 12 heavy (non-hydrogen) atoms. The second-order valence-electron chi connectivity index (χ2n) is 5.42. The molecule has 72 valence electrons. The monoisotopic (exact) mass is 170 g/mol. The Balaban J connectivity index is 2.51. The molecule has 0 heterocycles. The molecule has 1 unspecified atom stereocenters. The molecule has 1 nitrogen and oxygen atoms in total. The van der Waals surface area contributed by atoms with Crippen molar-refractivity contribution in [3.8, 4) is 0 Å². The van der Waals surface area contributed by atoms with E-state index in [9.17, 15) is 5.11 Å². The first-order chi connectivity index (χ1) is 5.41. The molecule has 1 rings (SSSR count). The predicted octanol–water partition coefficient (Wildman–Crippen LogP) is 2.83. The van der Waals surface area contributed by atoms with Crippen molar-refractivity contribution in [3.05, 3.63) is 0 Å². The lowest BCUT2D eigenvalue weighted by Gasteiger charge is -2.38. The van der Waals surface area contributed by atoms with Gasteiger partial charge in [0.15, 0.2) is 0 Å². The summed E-state index contributed by atoms with van der Waals surface area (Å²) in [5.74, 6) is 1.30. The summed E-state index contributed by atoms with van der Waals surface area (Å²) in [6.07, 6.45) is 3.37. The Bertz CT molecular complexity index is 146. The van der Waals surface area contributed by atoms with E-state index in [0.717, 1.165) is 12.3 Å². The average Bonchev–Trinajstić information content (AvgIpc) is 1.92. The van der Waals surface area contributed by atoms with Crippen LogP contribution in [0.3, 0.4) is 0 Å². The zero-order valence-electron chi connectivity index (χ0n) is 8.80. The Morgan fingerprint density at radius 2 is 1.75 bits per heavy atom.